The van der Waals surface area contributed by atoms with Gasteiger partial charge in [-0.05, 0) is 23.6 Å². The molecule has 2 heteroatoms. The molecule has 0 unspecified atom stereocenters. The van der Waals surface area contributed by atoms with E-state index in [0.29, 0.717) is 24.8 Å². The van der Waals surface area contributed by atoms with Crippen molar-refractivity contribution >= 4 is 17.1 Å². The van der Waals surface area contributed by atoms with E-state index in [1.54, 1.807) is 6.08 Å². The average molecular weight is 236 g/mol. The monoisotopic (exact) mass is 236 g/mol. The number of carbonyl (C=O) groups excluding carboxylic acids is 2. The lowest BCUT2D eigenvalue weighted by Crippen LogP contribution is -2.30. The first kappa shape index (κ1) is 11.0. The van der Waals surface area contributed by atoms with Crippen LogP contribution in [0.1, 0.15) is 35.2 Å². The molecular formula is C16H12O2. The summed E-state index contributed by atoms with van der Waals surface area (Å²) < 4.78 is 0. The summed E-state index contributed by atoms with van der Waals surface area (Å²) in [5.74, 6) is 2.77. The minimum absolute atomic E-state index is 0.0785. The van der Waals surface area contributed by atoms with E-state index in [0.717, 1.165) is 11.1 Å². The van der Waals surface area contributed by atoms with Crippen molar-refractivity contribution in [1.82, 2.24) is 0 Å². The molecule has 2 nitrogen and oxygen atoms in total. The van der Waals surface area contributed by atoms with Crippen LogP contribution in [0.25, 0.3) is 5.57 Å². The van der Waals surface area contributed by atoms with Crippen molar-refractivity contribution in [2.24, 2.45) is 5.41 Å². The van der Waals surface area contributed by atoms with Crippen LogP contribution in [0.15, 0.2) is 30.3 Å². The van der Waals surface area contributed by atoms with Crippen molar-refractivity contribution in [2.75, 3.05) is 0 Å². The Morgan fingerprint density at radius 3 is 2.67 bits per heavy atom. The van der Waals surface area contributed by atoms with E-state index in [1.807, 2.05) is 24.3 Å². The Bertz CT molecular complexity index is 631. The lowest BCUT2D eigenvalue weighted by molar-refractivity contribution is -0.115. The molecule has 88 valence electrons. The van der Waals surface area contributed by atoms with Gasteiger partial charge >= 0.3 is 0 Å². The summed E-state index contributed by atoms with van der Waals surface area (Å²) in [4.78, 5) is 24.2. The second kappa shape index (κ2) is 3.68. The molecule has 0 saturated heterocycles. The number of carbonyl (C=O) groups is 2. The fourth-order valence-electron chi connectivity index (χ4n) is 3.03. The van der Waals surface area contributed by atoms with Crippen LogP contribution < -0.4 is 0 Å². The minimum atomic E-state index is -0.646. The quantitative estimate of drug-likeness (QED) is 0.702. The summed E-state index contributed by atoms with van der Waals surface area (Å²) in [6.07, 6.45) is 8.36. The molecule has 18 heavy (non-hydrogen) atoms. The van der Waals surface area contributed by atoms with Gasteiger partial charge < -0.3 is 0 Å². The summed E-state index contributed by atoms with van der Waals surface area (Å²) in [7, 11) is 0. The number of rotatable bonds is 1. The highest BCUT2D eigenvalue weighted by Crippen LogP contribution is 2.53. The minimum Gasteiger partial charge on any atom is -0.295 e. The highest BCUT2D eigenvalue weighted by molar-refractivity contribution is 6.20. The van der Waals surface area contributed by atoms with Gasteiger partial charge in [-0.25, -0.2) is 0 Å². The molecule has 0 aromatic heterocycles. The normalized spacial score (nSPS) is 25.2. The lowest BCUT2D eigenvalue weighted by Gasteiger charge is -2.30. The molecular weight excluding hydrogens is 224 g/mol. The molecule has 0 heterocycles. The summed E-state index contributed by atoms with van der Waals surface area (Å²) in [6, 6.07) is 7.45. The number of ketones is 2. The first-order valence-corrected chi connectivity index (χ1v) is 6.02. The van der Waals surface area contributed by atoms with Crippen LogP contribution in [0.5, 0.6) is 0 Å². The molecule has 0 radical (unpaired) electrons. The Morgan fingerprint density at radius 1 is 1.22 bits per heavy atom. The molecule has 2 aliphatic carbocycles. The summed E-state index contributed by atoms with van der Waals surface area (Å²) in [5, 5.41) is 0. The molecule has 1 atom stereocenters. The molecule has 0 saturated carbocycles. The molecule has 1 aromatic carbocycles. The number of hydrogen-bond donors (Lipinski definition) is 0. The first-order valence-electron chi connectivity index (χ1n) is 6.02. The van der Waals surface area contributed by atoms with Gasteiger partial charge in [0.05, 0.1) is 5.41 Å². The van der Waals surface area contributed by atoms with Crippen molar-refractivity contribution < 1.29 is 9.59 Å². The van der Waals surface area contributed by atoms with Gasteiger partial charge in [-0.1, -0.05) is 24.3 Å². The smallest absolute Gasteiger partial charge is 0.174 e. The third-order valence-corrected chi connectivity index (χ3v) is 3.92. The predicted molar refractivity (Wildman–Crippen MR) is 68.9 cm³/mol. The lowest BCUT2D eigenvalue weighted by atomic mass is 9.70. The molecule has 3 rings (SSSR count). The average Bonchev–Trinajstić information content (AvgIpc) is 2.62. The van der Waals surface area contributed by atoms with Gasteiger partial charge in [0.25, 0.3) is 0 Å². The molecule has 0 amide bonds. The molecule has 2 aliphatic rings. The number of terminal acetylenes is 1. The Balaban J connectivity index is 2.28. The van der Waals surface area contributed by atoms with Crippen molar-refractivity contribution in [3.8, 4) is 12.3 Å². The zero-order chi connectivity index (χ0) is 12.8. The Kier molecular flexibility index (Phi) is 2.24. The predicted octanol–water partition coefficient (Wildman–Crippen LogP) is 2.64. The maximum atomic E-state index is 12.6. The summed E-state index contributed by atoms with van der Waals surface area (Å²) in [5.41, 5.74) is 1.77. The number of Topliss-reactive ketones (excluding diaryl/α,β-unsaturated/α-hetero) is 1. The SMILES string of the molecule is C#CC[C@]12CCC(=O)C=C1c1ccccc1C2=O. The van der Waals surface area contributed by atoms with Gasteiger partial charge in [-0.2, -0.15) is 0 Å². The van der Waals surface area contributed by atoms with Crippen molar-refractivity contribution in [3.05, 3.63) is 41.5 Å². The second-order valence-electron chi connectivity index (χ2n) is 4.86. The Labute approximate surface area is 106 Å². The van der Waals surface area contributed by atoms with Crippen LogP contribution in [-0.2, 0) is 4.79 Å². The van der Waals surface area contributed by atoms with E-state index >= 15 is 0 Å². The van der Waals surface area contributed by atoms with Crippen LogP contribution in [-0.4, -0.2) is 11.6 Å². The van der Waals surface area contributed by atoms with E-state index in [-0.39, 0.29) is 11.6 Å². The van der Waals surface area contributed by atoms with Crippen molar-refractivity contribution in [2.45, 2.75) is 19.3 Å². The molecule has 1 aromatic rings. The highest BCUT2D eigenvalue weighted by atomic mass is 16.1. The zero-order valence-electron chi connectivity index (χ0n) is 9.90. The Morgan fingerprint density at radius 2 is 1.94 bits per heavy atom. The van der Waals surface area contributed by atoms with Gasteiger partial charge in [0.2, 0.25) is 0 Å². The highest BCUT2D eigenvalue weighted by Gasteiger charge is 2.50. The van der Waals surface area contributed by atoms with E-state index in [4.69, 9.17) is 6.42 Å². The number of hydrogen-bond acceptors (Lipinski definition) is 2. The third-order valence-electron chi connectivity index (χ3n) is 3.92. The second-order valence-corrected chi connectivity index (χ2v) is 4.86. The van der Waals surface area contributed by atoms with Gasteiger partial charge in [0.15, 0.2) is 11.6 Å². The zero-order valence-corrected chi connectivity index (χ0v) is 9.90. The summed E-state index contributed by atoms with van der Waals surface area (Å²) >= 11 is 0. The molecule has 0 N–H and O–H groups in total. The maximum Gasteiger partial charge on any atom is 0.174 e. The van der Waals surface area contributed by atoms with Crippen LogP contribution in [0.3, 0.4) is 0 Å². The summed E-state index contributed by atoms with van der Waals surface area (Å²) in [6.45, 7) is 0. The molecule has 0 spiro atoms. The van der Waals surface area contributed by atoms with Crippen LogP contribution in [0.2, 0.25) is 0 Å². The maximum absolute atomic E-state index is 12.6. The van der Waals surface area contributed by atoms with Gasteiger partial charge in [0, 0.05) is 18.4 Å². The largest absolute Gasteiger partial charge is 0.295 e. The first-order chi connectivity index (χ1) is 8.69. The molecule has 0 aliphatic heterocycles. The number of benzene rings is 1. The van der Waals surface area contributed by atoms with E-state index in [2.05, 4.69) is 5.92 Å². The molecule has 0 fully saturated rings. The van der Waals surface area contributed by atoms with Crippen LogP contribution in [0.4, 0.5) is 0 Å². The van der Waals surface area contributed by atoms with Crippen molar-refractivity contribution in [1.29, 1.82) is 0 Å². The standard InChI is InChI=1S/C16H12O2/c1-2-8-16-9-7-11(17)10-14(16)12-5-3-4-6-13(12)15(16)18/h1,3-6,10H,7-9H2/t16-/m0/s1. The van der Waals surface area contributed by atoms with Gasteiger partial charge in [-0.3, -0.25) is 9.59 Å². The Hall–Kier alpha value is -2.14. The number of allylic oxidation sites excluding steroid dienone is 2. The number of fused-ring (bicyclic) bond motifs is 3. The fraction of sp³-hybridized carbons (Fsp3) is 0.250. The molecule has 0 bridgehead atoms. The van der Waals surface area contributed by atoms with Gasteiger partial charge in [-0.15, -0.1) is 12.3 Å². The van der Waals surface area contributed by atoms with Gasteiger partial charge in [0.1, 0.15) is 0 Å². The van der Waals surface area contributed by atoms with Crippen LogP contribution in [0, 0.1) is 17.8 Å². The third kappa shape index (κ3) is 1.25. The van der Waals surface area contributed by atoms with E-state index in [1.165, 1.54) is 0 Å². The van der Waals surface area contributed by atoms with E-state index < -0.39 is 5.41 Å². The van der Waals surface area contributed by atoms with E-state index in [9.17, 15) is 9.59 Å². The van der Waals surface area contributed by atoms with Crippen molar-refractivity contribution in [3.63, 3.8) is 0 Å². The topological polar surface area (TPSA) is 34.1 Å². The van der Waals surface area contributed by atoms with Crippen LogP contribution >= 0.6 is 0 Å². The fourth-order valence-corrected chi connectivity index (χ4v) is 3.03.